The van der Waals surface area contributed by atoms with E-state index in [2.05, 4.69) is 5.32 Å². The zero-order chi connectivity index (χ0) is 20.1. The van der Waals surface area contributed by atoms with Gasteiger partial charge < -0.3 is 9.88 Å². The van der Waals surface area contributed by atoms with Crippen LogP contribution in [0, 0.1) is 5.82 Å². The van der Waals surface area contributed by atoms with Crippen molar-refractivity contribution in [1.82, 2.24) is 9.88 Å². The molecule has 7 heteroatoms. The Bertz CT molecular complexity index is 1090. The van der Waals surface area contributed by atoms with Crippen molar-refractivity contribution < 1.29 is 17.6 Å². The molecule has 0 radical (unpaired) electrons. The zero-order valence-corrected chi connectivity index (χ0v) is 16.5. The molecule has 5 nitrogen and oxygen atoms in total. The molecule has 0 aliphatic carbocycles. The number of halogens is 1. The molecular formula is C21H23FN2O3S. The van der Waals surface area contributed by atoms with Crippen molar-refractivity contribution in [2.24, 2.45) is 0 Å². The molecule has 0 fully saturated rings. The molecule has 28 heavy (non-hydrogen) atoms. The summed E-state index contributed by atoms with van der Waals surface area (Å²) in [5, 5.41) is 3.40. The summed E-state index contributed by atoms with van der Waals surface area (Å²) in [6.07, 6.45) is 3.37. The van der Waals surface area contributed by atoms with E-state index in [-0.39, 0.29) is 23.1 Å². The van der Waals surface area contributed by atoms with E-state index in [1.165, 1.54) is 24.4 Å². The fraction of sp³-hybridized carbons (Fsp3) is 0.286. The van der Waals surface area contributed by atoms with Gasteiger partial charge in [0.1, 0.15) is 12.4 Å². The number of nitrogens with one attached hydrogen (secondary N) is 1. The molecule has 1 N–H and O–H groups in total. The van der Waals surface area contributed by atoms with Gasteiger partial charge >= 0.3 is 0 Å². The van der Waals surface area contributed by atoms with Crippen LogP contribution in [0.3, 0.4) is 0 Å². The summed E-state index contributed by atoms with van der Waals surface area (Å²) in [4.78, 5) is 12.3. The molecule has 0 atom stereocenters. The van der Waals surface area contributed by atoms with Gasteiger partial charge in [-0.1, -0.05) is 43.7 Å². The second-order valence-corrected chi connectivity index (χ2v) is 8.69. The van der Waals surface area contributed by atoms with E-state index in [1.54, 1.807) is 34.9 Å². The molecule has 1 aromatic heterocycles. The quantitative estimate of drug-likeness (QED) is 0.585. The predicted molar refractivity (Wildman–Crippen MR) is 107 cm³/mol. The molecule has 3 aromatic rings. The highest BCUT2D eigenvalue weighted by Crippen LogP contribution is 2.28. The molecule has 1 heterocycles. The first kappa shape index (κ1) is 20.1. The van der Waals surface area contributed by atoms with E-state index in [4.69, 9.17) is 0 Å². The van der Waals surface area contributed by atoms with Crippen molar-refractivity contribution in [2.45, 2.75) is 37.0 Å². The molecule has 0 aliphatic rings. The molecule has 0 unspecified atom stereocenters. The van der Waals surface area contributed by atoms with Crippen LogP contribution in [-0.2, 0) is 26.9 Å². The highest BCUT2D eigenvalue weighted by molar-refractivity contribution is 7.90. The minimum absolute atomic E-state index is 0.0414. The minimum Gasteiger partial charge on any atom is -0.355 e. The maximum atomic E-state index is 13.4. The minimum atomic E-state index is -3.71. The first-order valence-corrected chi connectivity index (χ1v) is 10.9. The summed E-state index contributed by atoms with van der Waals surface area (Å²) in [5.74, 6) is -0.941. The molecule has 0 saturated carbocycles. The highest BCUT2D eigenvalue weighted by Gasteiger charge is 2.22. The standard InChI is InChI=1S/C21H23FN2O3S/c1-2-3-11-23-21(25)14-24-13-20(18-9-4-5-10-19(18)24)28(26,27)15-16-7-6-8-17(22)12-16/h4-10,12-13H,2-3,11,14-15H2,1H3,(H,23,25). The van der Waals surface area contributed by atoms with Gasteiger partial charge in [-0.15, -0.1) is 0 Å². The lowest BCUT2D eigenvalue weighted by atomic mass is 10.2. The van der Waals surface area contributed by atoms with Crippen LogP contribution in [0.4, 0.5) is 4.39 Å². The fourth-order valence-electron chi connectivity index (χ4n) is 3.13. The Kier molecular flexibility index (Phi) is 6.14. The van der Waals surface area contributed by atoms with E-state index >= 15 is 0 Å². The van der Waals surface area contributed by atoms with E-state index in [0.29, 0.717) is 23.0 Å². The Morgan fingerprint density at radius 3 is 2.68 bits per heavy atom. The zero-order valence-electron chi connectivity index (χ0n) is 15.7. The molecular weight excluding hydrogens is 379 g/mol. The Balaban J connectivity index is 1.92. The Morgan fingerprint density at radius 1 is 1.14 bits per heavy atom. The first-order valence-electron chi connectivity index (χ1n) is 9.22. The Hall–Kier alpha value is -2.67. The van der Waals surface area contributed by atoms with Crippen molar-refractivity contribution in [3.63, 3.8) is 0 Å². The van der Waals surface area contributed by atoms with Crippen molar-refractivity contribution in [1.29, 1.82) is 0 Å². The Labute approximate surface area is 164 Å². The average Bonchev–Trinajstić information content (AvgIpc) is 3.01. The number of aromatic nitrogens is 1. The summed E-state index contributed by atoms with van der Waals surface area (Å²) in [6.45, 7) is 2.68. The van der Waals surface area contributed by atoms with Crippen molar-refractivity contribution in [3.8, 4) is 0 Å². The van der Waals surface area contributed by atoms with Gasteiger partial charge in [-0.2, -0.15) is 0 Å². The van der Waals surface area contributed by atoms with Crippen LogP contribution in [0.5, 0.6) is 0 Å². The van der Waals surface area contributed by atoms with Crippen LogP contribution in [0.25, 0.3) is 10.9 Å². The molecule has 0 saturated heterocycles. The number of benzene rings is 2. The second kappa shape index (κ2) is 8.56. The van der Waals surface area contributed by atoms with E-state index in [0.717, 1.165) is 12.8 Å². The first-order chi connectivity index (χ1) is 13.4. The van der Waals surface area contributed by atoms with E-state index < -0.39 is 15.7 Å². The molecule has 0 aliphatic heterocycles. The second-order valence-electron chi connectivity index (χ2n) is 6.73. The van der Waals surface area contributed by atoms with Gasteiger partial charge in [0.05, 0.1) is 10.6 Å². The van der Waals surface area contributed by atoms with Gasteiger partial charge in [-0.3, -0.25) is 4.79 Å². The number of unbranched alkanes of at least 4 members (excludes halogenated alkanes) is 1. The summed E-state index contributed by atoms with van der Waals surface area (Å²) in [6, 6.07) is 12.6. The largest absolute Gasteiger partial charge is 0.355 e. The summed E-state index contributed by atoms with van der Waals surface area (Å²) in [7, 11) is -3.71. The van der Waals surface area contributed by atoms with Crippen LogP contribution < -0.4 is 5.32 Å². The SMILES string of the molecule is CCCCNC(=O)Cn1cc(S(=O)(=O)Cc2cccc(F)c2)c2ccccc21. The van der Waals surface area contributed by atoms with E-state index in [1.807, 2.05) is 6.92 Å². The van der Waals surface area contributed by atoms with Crippen molar-refractivity contribution >= 4 is 26.6 Å². The number of carbonyl (C=O) groups excluding carboxylic acids is 1. The topological polar surface area (TPSA) is 68.2 Å². The van der Waals surface area contributed by atoms with Crippen LogP contribution in [0.1, 0.15) is 25.3 Å². The molecule has 0 spiro atoms. The van der Waals surface area contributed by atoms with E-state index in [9.17, 15) is 17.6 Å². The van der Waals surface area contributed by atoms with Gasteiger partial charge in [0.2, 0.25) is 5.91 Å². The molecule has 3 rings (SSSR count). The smallest absolute Gasteiger partial charge is 0.239 e. The third-order valence-corrected chi connectivity index (χ3v) is 6.21. The van der Waals surface area contributed by atoms with Gasteiger partial charge in [-0.05, 0) is 30.2 Å². The van der Waals surface area contributed by atoms with Gasteiger partial charge in [0.15, 0.2) is 9.84 Å². The molecule has 0 bridgehead atoms. The third kappa shape index (κ3) is 4.59. The normalized spacial score (nSPS) is 11.6. The highest BCUT2D eigenvalue weighted by atomic mass is 32.2. The summed E-state index contributed by atoms with van der Waals surface area (Å²) < 4.78 is 41.1. The third-order valence-electron chi connectivity index (χ3n) is 4.50. The maximum Gasteiger partial charge on any atom is 0.239 e. The average molecular weight is 402 g/mol. The summed E-state index contributed by atoms with van der Waals surface area (Å²) in [5.41, 5.74) is 1.06. The fourth-order valence-corrected chi connectivity index (χ4v) is 4.70. The van der Waals surface area contributed by atoms with Crippen LogP contribution in [0.2, 0.25) is 0 Å². The molecule has 148 valence electrons. The maximum absolute atomic E-state index is 13.4. The molecule has 2 aromatic carbocycles. The number of fused-ring (bicyclic) bond motifs is 1. The number of nitrogens with zero attached hydrogens (tertiary/aromatic N) is 1. The van der Waals surface area contributed by atoms with Gasteiger partial charge in [-0.25, -0.2) is 12.8 Å². The van der Waals surface area contributed by atoms with Crippen molar-refractivity contribution in [2.75, 3.05) is 6.54 Å². The van der Waals surface area contributed by atoms with Crippen LogP contribution in [-0.4, -0.2) is 25.4 Å². The van der Waals surface area contributed by atoms with Crippen LogP contribution >= 0.6 is 0 Å². The lowest BCUT2D eigenvalue weighted by Gasteiger charge is -2.06. The number of hydrogen-bond acceptors (Lipinski definition) is 3. The number of sulfone groups is 1. The van der Waals surface area contributed by atoms with Crippen LogP contribution in [0.15, 0.2) is 59.6 Å². The summed E-state index contributed by atoms with van der Waals surface area (Å²) >= 11 is 0. The van der Waals surface area contributed by atoms with Gasteiger partial charge in [0.25, 0.3) is 0 Å². The lowest BCUT2D eigenvalue weighted by molar-refractivity contribution is -0.121. The number of para-hydroxylation sites is 1. The number of amides is 1. The monoisotopic (exact) mass is 402 g/mol. The number of rotatable bonds is 8. The van der Waals surface area contributed by atoms with Gasteiger partial charge in [0, 0.05) is 23.6 Å². The number of hydrogen-bond donors (Lipinski definition) is 1. The predicted octanol–water partition coefficient (Wildman–Crippen LogP) is 3.67. The number of carbonyl (C=O) groups is 1. The van der Waals surface area contributed by atoms with Crippen molar-refractivity contribution in [3.05, 3.63) is 66.1 Å². The Morgan fingerprint density at radius 2 is 1.93 bits per heavy atom. The lowest BCUT2D eigenvalue weighted by Crippen LogP contribution is -2.28. The molecule has 1 amide bonds.